The minimum absolute atomic E-state index is 0.168. The van der Waals surface area contributed by atoms with Crippen LogP contribution in [0.3, 0.4) is 0 Å². The Bertz CT molecular complexity index is 282. The molecule has 1 aliphatic carbocycles. The van der Waals surface area contributed by atoms with E-state index in [2.05, 4.69) is 13.8 Å². The van der Waals surface area contributed by atoms with Crippen LogP contribution in [0.5, 0.6) is 0 Å². The minimum atomic E-state index is -0.168. The number of carbonyl (C=O) groups is 1. The molecule has 0 aromatic heterocycles. The van der Waals surface area contributed by atoms with Gasteiger partial charge in [-0.25, -0.2) is 0 Å². The zero-order valence-corrected chi connectivity index (χ0v) is 10.6. The SMILES string of the molecule is CC1(C)CCCN(C(=O)CC2(N)CCC2)C1. The summed E-state index contributed by atoms with van der Waals surface area (Å²) in [4.78, 5) is 14.2. The molecule has 0 bridgehead atoms. The van der Waals surface area contributed by atoms with Gasteiger partial charge in [0.15, 0.2) is 0 Å². The summed E-state index contributed by atoms with van der Waals surface area (Å²) in [6.07, 6.45) is 6.16. The maximum atomic E-state index is 12.1. The zero-order chi connectivity index (χ0) is 11.8. The first kappa shape index (κ1) is 11.9. The van der Waals surface area contributed by atoms with Gasteiger partial charge in [0.2, 0.25) is 5.91 Å². The van der Waals surface area contributed by atoms with Gasteiger partial charge in [0, 0.05) is 25.0 Å². The number of carbonyl (C=O) groups excluding carboxylic acids is 1. The van der Waals surface area contributed by atoms with Crippen LogP contribution in [0.25, 0.3) is 0 Å². The smallest absolute Gasteiger partial charge is 0.224 e. The topological polar surface area (TPSA) is 46.3 Å². The van der Waals surface area contributed by atoms with Crippen molar-refractivity contribution in [2.24, 2.45) is 11.1 Å². The first-order valence-corrected chi connectivity index (χ1v) is 6.47. The van der Waals surface area contributed by atoms with Gasteiger partial charge in [-0.05, 0) is 37.5 Å². The Balaban J connectivity index is 1.89. The number of hydrogen-bond donors (Lipinski definition) is 1. The van der Waals surface area contributed by atoms with Crippen LogP contribution in [0.4, 0.5) is 0 Å². The van der Waals surface area contributed by atoms with Gasteiger partial charge in [0.1, 0.15) is 0 Å². The Morgan fingerprint density at radius 2 is 1.94 bits per heavy atom. The molecule has 2 rings (SSSR count). The zero-order valence-electron chi connectivity index (χ0n) is 10.6. The molecule has 0 spiro atoms. The van der Waals surface area contributed by atoms with Crippen molar-refractivity contribution in [2.75, 3.05) is 13.1 Å². The summed E-state index contributed by atoms with van der Waals surface area (Å²) in [5.74, 6) is 0.273. The fraction of sp³-hybridized carbons (Fsp3) is 0.923. The fourth-order valence-corrected chi connectivity index (χ4v) is 2.86. The minimum Gasteiger partial charge on any atom is -0.342 e. The average molecular weight is 224 g/mol. The van der Waals surface area contributed by atoms with E-state index < -0.39 is 0 Å². The van der Waals surface area contributed by atoms with Crippen molar-refractivity contribution in [3.63, 3.8) is 0 Å². The number of rotatable bonds is 2. The predicted octanol–water partition coefficient (Wildman–Crippen LogP) is 1.91. The van der Waals surface area contributed by atoms with Crippen LogP contribution < -0.4 is 5.73 Å². The van der Waals surface area contributed by atoms with Crippen molar-refractivity contribution in [1.82, 2.24) is 4.90 Å². The van der Waals surface area contributed by atoms with E-state index in [9.17, 15) is 4.79 Å². The highest BCUT2D eigenvalue weighted by Crippen LogP contribution is 2.34. The molecule has 3 nitrogen and oxygen atoms in total. The Hall–Kier alpha value is -0.570. The van der Waals surface area contributed by atoms with Gasteiger partial charge in [0.05, 0.1) is 0 Å². The number of hydrogen-bond acceptors (Lipinski definition) is 2. The van der Waals surface area contributed by atoms with Crippen molar-refractivity contribution < 1.29 is 4.79 Å². The molecule has 2 N–H and O–H groups in total. The van der Waals surface area contributed by atoms with Gasteiger partial charge < -0.3 is 10.6 Å². The second-order valence-electron chi connectivity index (χ2n) is 6.48. The van der Waals surface area contributed by atoms with Gasteiger partial charge in [-0.2, -0.15) is 0 Å². The van der Waals surface area contributed by atoms with Gasteiger partial charge >= 0.3 is 0 Å². The molecule has 1 heterocycles. The third kappa shape index (κ3) is 2.57. The summed E-state index contributed by atoms with van der Waals surface area (Å²) in [7, 11) is 0. The highest BCUT2D eigenvalue weighted by atomic mass is 16.2. The summed E-state index contributed by atoms with van der Waals surface area (Å²) in [6.45, 7) is 6.32. The second-order valence-corrected chi connectivity index (χ2v) is 6.48. The summed E-state index contributed by atoms with van der Waals surface area (Å²) in [5, 5.41) is 0. The number of piperidine rings is 1. The van der Waals surface area contributed by atoms with Crippen molar-refractivity contribution in [3.8, 4) is 0 Å². The molecular weight excluding hydrogens is 200 g/mol. The summed E-state index contributed by atoms with van der Waals surface area (Å²) in [6, 6.07) is 0. The largest absolute Gasteiger partial charge is 0.342 e. The standard InChI is InChI=1S/C13H24N2O/c1-12(2)5-4-8-15(10-12)11(16)9-13(14)6-3-7-13/h3-10,14H2,1-2H3. The van der Waals surface area contributed by atoms with E-state index in [0.29, 0.717) is 6.42 Å². The third-order valence-corrected chi connectivity index (χ3v) is 4.11. The maximum Gasteiger partial charge on any atom is 0.224 e. The molecule has 92 valence electrons. The third-order valence-electron chi connectivity index (χ3n) is 4.11. The number of amides is 1. The number of nitrogens with zero attached hydrogens (tertiary/aromatic N) is 1. The van der Waals surface area contributed by atoms with Crippen molar-refractivity contribution in [1.29, 1.82) is 0 Å². The first-order chi connectivity index (χ1) is 7.40. The Kier molecular flexibility index (Phi) is 2.99. The molecule has 1 amide bonds. The van der Waals surface area contributed by atoms with E-state index in [0.717, 1.165) is 32.4 Å². The molecule has 2 aliphatic rings. The van der Waals surface area contributed by atoms with Crippen molar-refractivity contribution in [3.05, 3.63) is 0 Å². The first-order valence-electron chi connectivity index (χ1n) is 6.47. The lowest BCUT2D eigenvalue weighted by Gasteiger charge is -2.42. The molecule has 0 aromatic rings. The van der Waals surface area contributed by atoms with Crippen LogP contribution in [0, 0.1) is 5.41 Å². The van der Waals surface area contributed by atoms with E-state index in [-0.39, 0.29) is 16.9 Å². The fourth-order valence-electron chi connectivity index (χ4n) is 2.86. The summed E-state index contributed by atoms with van der Waals surface area (Å²) < 4.78 is 0. The molecule has 1 saturated heterocycles. The molecule has 3 heteroatoms. The molecule has 0 unspecified atom stereocenters. The highest BCUT2D eigenvalue weighted by Gasteiger charge is 2.37. The Labute approximate surface area is 98.4 Å². The van der Waals surface area contributed by atoms with Crippen LogP contribution in [0.15, 0.2) is 0 Å². The van der Waals surface area contributed by atoms with Gasteiger partial charge in [-0.1, -0.05) is 13.8 Å². The molecule has 0 aromatic carbocycles. The molecular formula is C13H24N2O. The van der Waals surface area contributed by atoms with E-state index in [1.165, 1.54) is 12.8 Å². The summed E-state index contributed by atoms with van der Waals surface area (Å²) in [5.41, 5.74) is 6.25. The van der Waals surface area contributed by atoms with Gasteiger partial charge in [-0.3, -0.25) is 4.79 Å². The number of nitrogens with two attached hydrogens (primary N) is 1. The highest BCUT2D eigenvalue weighted by molar-refractivity contribution is 5.77. The van der Waals surface area contributed by atoms with E-state index in [4.69, 9.17) is 5.73 Å². The molecule has 0 atom stereocenters. The van der Waals surface area contributed by atoms with Crippen LogP contribution >= 0.6 is 0 Å². The van der Waals surface area contributed by atoms with E-state index >= 15 is 0 Å². The van der Waals surface area contributed by atoms with Crippen molar-refractivity contribution >= 4 is 5.91 Å². The monoisotopic (exact) mass is 224 g/mol. The molecule has 0 radical (unpaired) electrons. The number of likely N-dealkylation sites (tertiary alicyclic amines) is 1. The summed E-state index contributed by atoms with van der Waals surface area (Å²) >= 11 is 0. The van der Waals surface area contributed by atoms with Crippen LogP contribution in [-0.2, 0) is 4.79 Å². The van der Waals surface area contributed by atoms with Crippen molar-refractivity contribution in [2.45, 2.75) is 57.9 Å². The van der Waals surface area contributed by atoms with E-state index in [1.807, 2.05) is 4.90 Å². The van der Waals surface area contributed by atoms with Crippen LogP contribution in [0.2, 0.25) is 0 Å². The second kappa shape index (κ2) is 4.02. The lowest BCUT2D eigenvalue weighted by atomic mass is 9.74. The molecule has 16 heavy (non-hydrogen) atoms. The molecule has 2 fully saturated rings. The predicted molar refractivity (Wildman–Crippen MR) is 65.0 cm³/mol. The lowest BCUT2D eigenvalue weighted by Crippen LogP contribution is -2.52. The normalized spacial score (nSPS) is 27.3. The maximum absolute atomic E-state index is 12.1. The Morgan fingerprint density at radius 1 is 1.25 bits per heavy atom. The molecule has 1 saturated carbocycles. The quantitative estimate of drug-likeness (QED) is 0.778. The van der Waals surface area contributed by atoms with Crippen LogP contribution in [-0.4, -0.2) is 29.4 Å². The lowest BCUT2D eigenvalue weighted by molar-refractivity contribution is -0.136. The van der Waals surface area contributed by atoms with Crippen LogP contribution in [0.1, 0.15) is 52.4 Å². The Morgan fingerprint density at radius 3 is 2.44 bits per heavy atom. The van der Waals surface area contributed by atoms with Gasteiger partial charge in [0.25, 0.3) is 0 Å². The van der Waals surface area contributed by atoms with E-state index in [1.54, 1.807) is 0 Å². The molecule has 1 aliphatic heterocycles. The average Bonchev–Trinajstić information content (AvgIpc) is 2.13. The van der Waals surface area contributed by atoms with Gasteiger partial charge in [-0.15, -0.1) is 0 Å².